The molecule has 0 radical (unpaired) electrons. The van der Waals surface area contributed by atoms with Crippen molar-refractivity contribution in [1.82, 2.24) is 0 Å². The summed E-state index contributed by atoms with van der Waals surface area (Å²) in [5.74, 6) is 0.768. The van der Waals surface area contributed by atoms with E-state index in [1.807, 2.05) is 37.3 Å². The van der Waals surface area contributed by atoms with Crippen LogP contribution in [0.5, 0.6) is 0 Å². The highest BCUT2D eigenvalue weighted by Gasteiger charge is 1.98. The van der Waals surface area contributed by atoms with Gasteiger partial charge in [0.15, 0.2) is 0 Å². The van der Waals surface area contributed by atoms with Gasteiger partial charge in [-0.05, 0) is 18.6 Å². The number of hydrogen-bond acceptors (Lipinski definition) is 1. The first-order chi connectivity index (χ1) is 5.34. The summed E-state index contributed by atoms with van der Waals surface area (Å²) in [4.78, 5) is 0.939. The normalized spacial score (nSPS) is 12.8. The second-order valence-corrected chi connectivity index (χ2v) is 3.93. The lowest BCUT2D eigenvalue weighted by atomic mass is 10.4. The van der Waals surface area contributed by atoms with Crippen LogP contribution in [0.2, 0.25) is 0 Å². The van der Waals surface area contributed by atoms with E-state index >= 15 is 0 Å². The van der Waals surface area contributed by atoms with Crippen LogP contribution in [-0.2, 0) is 10.8 Å². The molecule has 1 unspecified atom stereocenters. The summed E-state index contributed by atoms with van der Waals surface area (Å²) in [6, 6.07) is 9.59. The second kappa shape index (κ2) is 4.29. The molecule has 1 rings (SSSR count). The molecule has 0 aromatic heterocycles. The van der Waals surface area contributed by atoms with E-state index in [4.69, 9.17) is 0 Å². The molecule has 11 heavy (non-hydrogen) atoms. The van der Waals surface area contributed by atoms with Crippen molar-refractivity contribution in [2.75, 3.05) is 5.75 Å². The summed E-state index contributed by atoms with van der Waals surface area (Å²) >= 11 is 0. The summed E-state index contributed by atoms with van der Waals surface area (Å²) in [5.41, 5.74) is 0. The van der Waals surface area contributed by atoms with Gasteiger partial charge in [-0.15, -0.1) is 0 Å². The largest absolute Gasteiger partial charge is 0.254 e. The summed E-state index contributed by atoms with van der Waals surface area (Å²) in [6.07, 6.45) is 0.974. The molecule has 0 N–H and O–H groups in total. The Morgan fingerprint density at radius 3 is 2.45 bits per heavy atom. The van der Waals surface area contributed by atoms with Crippen molar-refractivity contribution < 1.29 is 4.21 Å². The van der Waals surface area contributed by atoms with Gasteiger partial charge in [0.25, 0.3) is 0 Å². The van der Waals surface area contributed by atoms with Crippen LogP contribution in [0.4, 0.5) is 0 Å². The zero-order chi connectivity index (χ0) is 8.10. The van der Waals surface area contributed by atoms with E-state index < -0.39 is 10.8 Å². The third-order valence-electron chi connectivity index (χ3n) is 1.40. The molecule has 60 valence electrons. The van der Waals surface area contributed by atoms with Crippen LogP contribution in [0.25, 0.3) is 0 Å². The first-order valence-electron chi connectivity index (χ1n) is 3.78. The lowest BCUT2D eigenvalue weighted by molar-refractivity contribution is 0.682. The summed E-state index contributed by atoms with van der Waals surface area (Å²) in [6.45, 7) is 2.04. The third kappa shape index (κ3) is 2.46. The zero-order valence-electron chi connectivity index (χ0n) is 6.62. The van der Waals surface area contributed by atoms with E-state index in [0.717, 1.165) is 17.1 Å². The Balaban J connectivity index is 2.69. The Morgan fingerprint density at radius 2 is 1.91 bits per heavy atom. The SMILES string of the molecule is CCCS(=O)c1ccccc1. The molecule has 0 heterocycles. The minimum Gasteiger partial charge on any atom is -0.254 e. The molecule has 2 heteroatoms. The maximum absolute atomic E-state index is 11.4. The average molecular weight is 168 g/mol. The summed E-state index contributed by atoms with van der Waals surface area (Å²) in [5, 5.41) is 0. The molecular formula is C9H12OS. The van der Waals surface area contributed by atoms with Crippen molar-refractivity contribution in [3.8, 4) is 0 Å². The van der Waals surface area contributed by atoms with Crippen molar-refractivity contribution in [2.45, 2.75) is 18.2 Å². The number of rotatable bonds is 3. The van der Waals surface area contributed by atoms with Gasteiger partial charge in [0.05, 0.1) is 10.8 Å². The fourth-order valence-electron chi connectivity index (χ4n) is 0.876. The quantitative estimate of drug-likeness (QED) is 0.676. The Labute approximate surface area is 69.9 Å². The van der Waals surface area contributed by atoms with Crippen LogP contribution in [-0.4, -0.2) is 9.96 Å². The van der Waals surface area contributed by atoms with E-state index in [2.05, 4.69) is 0 Å². The van der Waals surface area contributed by atoms with Gasteiger partial charge in [0.2, 0.25) is 0 Å². The molecule has 0 fully saturated rings. The third-order valence-corrected chi connectivity index (χ3v) is 2.97. The van der Waals surface area contributed by atoms with E-state index in [-0.39, 0.29) is 0 Å². The van der Waals surface area contributed by atoms with Crippen LogP contribution >= 0.6 is 0 Å². The Bertz CT molecular complexity index is 231. The number of hydrogen-bond donors (Lipinski definition) is 0. The van der Waals surface area contributed by atoms with Gasteiger partial charge in [0.1, 0.15) is 0 Å². The molecule has 0 saturated carbocycles. The molecule has 1 aromatic carbocycles. The van der Waals surface area contributed by atoms with Crippen molar-refractivity contribution in [1.29, 1.82) is 0 Å². The standard InChI is InChI=1S/C9H12OS/c1-2-8-11(10)9-6-4-3-5-7-9/h3-7H,2,8H2,1H3. The van der Waals surface area contributed by atoms with E-state index in [1.165, 1.54) is 0 Å². The zero-order valence-corrected chi connectivity index (χ0v) is 7.43. The monoisotopic (exact) mass is 168 g/mol. The fourth-order valence-corrected chi connectivity index (χ4v) is 1.94. The number of benzene rings is 1. The molecular weight excluding hydrogens is 156 g/mol. The molecule has 1 atom stereocenters. The van der Waals surface area contributed by atoms with Gasteiger partial charge in [-0.2, -0.15) is 0 Å². The minimum absolute atomic E-state index is 0.768. The lowest BCUT2D eigenvalue weighted by Gasteiger charge is -1.97. The van der Waals surface area contributed by atoms with Gasteiger partial charge >= 0.3 is 0 Å². The van der Waals surface area contributed by atoms with Crippen molar-refractivity contribution >= 4 is 10.8 Å². The maximum Gasteiger partial charge on any atom is 0.0529 e. The lowest BCUT2D eigenvalue weighted by Crippen LogP contribution is -1.95. The first kappa shape index (κ1) is 8.47. The molecule has 0 spiro atoms. The van der Waals surface area contributed by atoms with Gasteiger partial charge in [0, 0.05) is 10.6 Å². The molecule has 0 saturated heterocycles. The highest BCUT2D eigenvalue weighted by Crippen LogP contribution is 2.05. The Hall–Kier alpha value is -0.630. The first-order valence-corrected chi connectivity index (χ1v) is 5.10. The summed E-state index contributed by atoms with van der Waals surface area (Å²) in [7, 11) is -0.783. The van der Waals surface area contributed by atoms with Crippen LogP contribution in [0.1, 0.15) is 13.3 Å². The van der Waals surface area contributed by atoms with Gasteiger partial charge in [-0.25, -0.2) is 0 Å². The molecule has 0 bridgehead atoms. The predicted octanol–water partition coefficient (Wildman–Crippen LogP) is 2.20. The van der Waals surface area contributed by atoms with E-state index in [1.54, 1.807) is 0 Å². The Kier molecular flexibility index (Phi) is 3.30. The highest BCUT2D eigenvalue weighted by molar-refractivity contribution is 7.85. The van der Waals surface area contributed by atoms with Gasteiger partial charge in [-0.1, -0.05) is 25.1 Å². The maximum atomic E-state index is 11.4. The predicted molar refractivity (Wildman–Crippen MR) is 48.0 cm³/mol. The van der Waals surface area contributed by atoms with E-state index in [0.29, 0.717) is 0 Å². The van der Waals surface area contributed by atoms with Crippen LogP contribution in [0.15, 0.2) is 35.2 Å². The molecule has 1 nitrogen and oxygen atoms in total. The Morgan fingerprint density at radius 1 is 1.27 bits per heavy atom. The van der Waals surface area contributed by atoms with Crippen molar-refractivity contribution in [3.63, 3.8) is 0 Å². The van der Waals surface area contributed by atoms with Gasteiger partial charge in [-0.3, -0.25) is 4.21 Å². The molecule has 1 aromatic rings. The molecule has 0 amide bonds. The molecule has 0 aliphatic carbocycles. The van der Waals surface area contributed by atoms with Gasteiger partial charge < -0.3 is 0 Å². The van der Waals surface area contributed by atoms with Crippen molar-refractivity contribution in [2.24, 2.45) is 0 Å². The average Bonchev–Trinajstić information content (AvgIpc) is 2.07. The molecule has 0 aliphatic heterocycles. The second-order valence-electron chi connectivity index (χ2n) is 2.36. The fraction of sp³-hybridized carbons (Fsp3) is 0.333. The van der Waals surface area contributed by atoms with Crippen LogP contribution < -0.4 is 0 Å². The smallest absolute Gasteiger partial charge is 0.0529 e. The van der Waals surface area contributed by atoms with Crippen LogP contribution in [0.3, 0.4) is 0 Å². The molecule has 0 aliphatic rings. The minimum atomic E-state index is -0.783. The van der Waals surface area contributed by atoms with Crippen molar-refractivity contribution in [3.05, 3.63) is 30.3 Å². The van der Waals surface area contributed by atoms with E-state index in [9.17, 15) is 4.21 Å². The summed E-state index contributed by atoms with van der Waals surface area (Å²) < 4.78 is 11.4. The topological polar surface area (TPSA) is 17.1 Å². The highest BCUT2D eigenvalue weighted by atomic mass is 32.2. The van der Waals surface area contributed by atoms with Crippen LogP contribution in [0, 0.1) is 0 Å².